The lowest BCUT2D eigenvalue weighted by atomic mass is 10.0. The van der Waals surface area contributed by atoms with Crippen LogP contribution < -0.4 is 5.06 Å². The number of benzene rings is 1. The van der Waals surface area contributed by atoms with Gasteiger partial charge in [-0.2, -0.15) is 0 Å². The normalized spacial score (nSPS) is 25.7. The summed E-state index contributed by atoms with van der Waals surface area (Å²) in [7, 11) is 0. The van der Waals surface area contributed by atoms with Crippen LogP contribution in [0.4, 0.5) is 5.69 Å². The Kier molecular flexibility index (Phi) is 2.64. The van der Waals surface area contributed by atoms with Crippen molar-refractivity contribution in [3.63, 3.8) is 0 Å². The zero-order valence-electron chi connectivity index (χ0n) is 10.1. The van der Waals surface area contributed by atoms with E-state index in [4.69, 9.17) is 16.4 Å². The lowest BCUT2D eigenvalue weighted by Gasteiger charge is -2.29. The molecule has 0 aliphatic carbocycles. The van der Waals surface area contributed by atoms with E-state index in [1.807, 2.05) is 11.1 Å². The molecule has 0 N–H and O–H groups in total. The van der Waals surface area contributed by atoms with Gasteiger partial charge in [0.05, 0.1) is 17.8 Å². The number of hydroxylamine groups is 1. The Hall–Kier alpha value is -0.990. The van der Waals surface area contributed by atoms with Crippen LogP contribution in [0, 0.1) is 0 Å². The molecule has 2 bridgehead atoms. The van der Waals surface area contributed by atoms with Crippen molar-refractivity contribution in [2.45, 2.75) is 38.8 Å². The molecule has 0 amide bonds. The molecule has 1 fully saturated rings. The third kappa shape index (κ3) is 1.96. The highest BCUT2D eigenvalue weighted by Gasteiger charge is 2.38. The molecule has 1 saturated heterocycles. The van der Waals surface area contributed by atoms with Gasteiger partial charge in [0.15, 0.2) is 0 Å². The summed E-state index contributed by atoms with van der Waals surface area (Å²) in [5, 5.41) is 2.86. The topological polar surface area (TPSA) is 12.5 Å². The molecule has 1 aromatic rings. The molecule has 2 aliphatic heterocycles. The Bertz CT molecular complexity index is 479. The van der Waals surface area contributed by atoms with Crippen molar-refractivity contribution in [1.29, 1.82) is 0 Å². The highest BCUT2D eigenvalue weighted by molar-refractivity contribution is 6.30. The average molecular weight is 250 g/mol. The zero-order chi connectivity index (χ0) is 12.0. The fourth-order valence-electron chi connectivity index (χ4n) is 2.70. The third-order valence-corrected chi connectivity index (χ3v) is 3.56. The molecule has 0 saturated carbocycles. The lowest BCUT2D eigenvalue weighted by Crippen LogP contribution is -2.30. The van der Waals surface area contributed by atoms with Gasteiger partial charge < -0.3 is 0 Å². The van der Waals surface area contributed by atoms with Crippen molar-refractivity contribution in [2.75, 3.05) is 5.06 Å². The second kappa shape index (κ2) is 4.04. The van der Waals surface area contributed by atoms with E-state index in [-0.39, 0.29) is 0 Å². The van der Waals surface area contributed by atoms with E-state index in [1.165, 1.54) is 16.8 Å². The van der Waals surface area contributed by atoms with E-state index in [1.54, 1.807) is 0 Å². The molecule has 1 aromatic carbocycles. The molecule has 2 atom stereocenters. The summed E-state index contributed by atoms with van der Waals surface area (Å²) in [6, 6.07) is 6.42. The minimum atomic E-state index is 0.307. The van der Waals surface area contributed by atoms with Crippen molar-refractivity contribution >= 4 is 17.3 Å². The van der Waals surface area contributed by atoms with Crippen molar-refractivity contribution < 1.29 is 4.84 Å². The van der Waals surface area contributed by atoms with Gasteiger partial charge in [-0.3, -0.25) is 4.84 Å². The van der Waals surface area contributed by atoms with Crippen molar-refractivity contribution in [3.8, 4) is 0 Å². The summed E-state index contributed by atoms with van der Waals surface area (Å²) >= 11 is 6.04. The van der Waals surface area contributed by atoms with Crippen LogP contribution in [0.5, 0.6) is 0 Å². The predicted molar refractivity (Wildman–Crippen MR) is 70.3 cm³/mol. The van der Waals surface area contributed by atoms with Gasteiger partial charge in [0.25, 0.3) is 0 Å². The van der Waals surface area contributed by atoms with E-state index < -0.39 is 0 Å². The molecule has 3 heteroatoms. The molecule has 3 rings (SSSR count). The SMILES string of the molecule is CC(C)=C[C@@H]1C[C@H]2Cc3cc(Cl)ccc3N1O2. The Morgan fingerprint density at radius 2 is 2.29 bits per heavy atom. The average Bonchev–Trinajstić information content (AvgIpc) is 2.55. The first-order valence-corrected chi connectivity index (χ1v) is 6.41. The Balaban J connectivity index is 2.00. The summed E-state index contributed by atoms with van der Waals surface area (Å²) in [6.45, 7) is 4.26. The summed E-state index contributed by atoms with van der Waals surface area (Å²) < 4.78 is 0. The minimum Gasteiger partial charge on any atom is -0.269 e. The fourth-order valence-corrected chi connectivity index (χ4v) is 2.90. The van der Waals surface area contributed by atoms with Crippen LogP contribution in [-0.2, 0) is 11.3 Å². The number of anilines is 1. The molecule has 0 unspecified atom stereocenters. The van der Waals surface area contributed by atoms with Crippen LogP contribution in [0.2, 0.25) is 5.02 Å². The quantitative estimate of drug-likeness (QED) is 0.703. The standard InChI is InChI=1S/C14H16ClNO/c1-9(2)5-12-8-13-7-10-6-11(15)3-4-14(10)16(12)17-13/h3-6,12-13H,7-8H2,1-2H3/t12-,13-/m1/s1. The van der Waals surface area contributed by atoms with E-state index >= 15 is 0 Å². The van der Waals surface area contributed by atoms with Crippen LogP contribution in [0.25, 0.3) is 0 Å². The van der Waals surface area contributed by atoms with Crippen LogP contribution in [-0.4, -0.2) is 12.1 Å². The van der Waals surface area contributed by atoms with Crippen molar-refractivity contribution in [1.82, 2.24) is 0 Å². The molecule has 2 aliphatic rings. The molecule has 0 radical (unpaired) electrons. The molecule has 90 valence electrons. The summed E-state index contributed by atoms with van der Waals surface area (Å²) in [5.41, 5.74) is 3.81. The van der Waals surface area contributed by atoms with Crippen molar-refractivity contribution in [3.05, 3.63) is 40.4 Å². The second-order valence-electron chi connectivity index (χ2n) is 5.08. The Morgan fingerprint density at radius 1 is 1.47 bits per heavy atom. The smallest absolute Gasteiger partial charge is 0.0921 e. The largest absolute Gasteiger partial charge is 0.269 e. The number of nitrogens with zero attached hydrogens (tertiary/aromatic N) is 1. The van der Waals surface area contributed by atoms with Crippen LogP contribution >= 0.6 is 11.6 Å². The van der Waals surface area contributed by atoms with Crippen LogP contribution in [0.15, 0.2) is 29.8 Å². The van der Waals surface area contributed by atoms with Gasteiger partial charge in [0.2, 0.25) is 0 Å². The van der Waals surface area contributed by atoms with Gasteiger partial charge >= 0.3 is 0 Å². The van der Waals surface area contributed by atoms with E-state index in [9.17, 15) is 0 Å². The van der Waals surface area contributed by atoms with Gasteiger partial charge in [-0.25, -0.2) is 5.06 Å². The highest BCUT2D eigenvalue weighted by Crippen LogP contribution is 2.39. The predicted octanol–water partition coefficient (Wildman–Crippen LogP) is 3.74. The number of halogens is 1. The van der Waals surface area contributed by atoms with E-state index in [2.05, 4.69) is 32.1 Å². The first-order valence-electron chi connectivity index (χ1n) is 6.03. The zero-order valence-corrected chi connectivity index (χ0v) is 10.9. The first-order chi connectivity index (χ1) is 8.13. The van der Waals surface area contributed by atoms with Gasteiger partial charge in [-0.15, -0.1) is 0 Å². The van der Waals surface area contributed by atoms with Crippen LogP contribution in [0.3, 0.4) is 0 Å². The molecular formula is C14H16ClNO. The minimum absolute atomic E-state index is 0.307. The molecule has 0 spiro atoms. The molecule has 2 nitrogen and oxygen atoms in total. The van der Waals surface area contributed by atoms with Crippen molar-refractivity contribution in [2.24, 2.45) is 0 Å². The molecular weight excluding hydrogens is 234 g/mol. The van der Waals surface area contributed by atoms with E-state index in [0.717, 1.165) is 17.9 Å². The fraction of sp³-hybridized carbons (Fsp3) is 0.429. The molecule has 17 heavy (non-hydrogen) atoms. The maximum Gasteiger partial charge on any atom is 0.0921 e. The van der Waals surface area contributed by atoms with Crippen LogP contribution in [0.1, 0.15) is 25.8 Å². The number of rotatable bonds is 1. The molecule has 2 heterocycles. The Labute approximate surface area is 107 Å². The highest BCUT2D eigenvalue weighted by atomic mass is 35.5. The number of allylic oxidation sites excluding steroid dienone is 1. The monoisotopic (exact) mass is 249 g/mol. The third-order valence-electron chi connectivity index (χ3n) is 3.32. The van der Waals surface area contributed by atoms with Gasteiger partial charge in [-0.05, 0) is 37.6 Å². The molecule has 0 aromatic heterocycles. The summed E-state index contributed by atoms with van der Waals surface area (Å²) in [4.78, 5) is 5.92. The summed E-state index contributed by atoms with van der Waals surface area (Å²) in [5.74, 6) is 0. The van der Waals surface area contributed by atoms with Gasteiger partial charge in [0.1, 0.15) is 0 Å². The maximum atomic E-state index is 6.04. The van der Waals surface area contributed by atoms with Gasteiger partial charge in [0, 0.05) is 17.9 Å². The first kappa shape index (κ1) is 11.1. The second-order valence-corrected chi connectivity index (χ2v) is 5.51. The lowest BCUT2D eigenvalue weighted by molar-refractivity contribution is 0.0752. The Morgan fingerprint density at radius 3 is 3.06 bits per heavy atom. The number of hydrogen-bond acceptors (Lipinski definition) is 2. The number of fused-ring (bicyclic) bond motifs is 4. The number of hydrogen-bond donors (Lipinski definition) is 0. The maximum absolute atomic E-state index is 6.04. The summed E-state index contributed by atoms with van der Waals surface area (Å²) in [6.07, 6.45) is 4.63. The van der Waals surface area contributed by atoms with E-state index in [0.29, 0.717) is 12.1 Å². The van der Waals surface area contributed by atoms with Gasteiger partial charge in [-0.1, -0.05) is 23.3 Å².